The van der Waals surface area contributed by atoms with Gasteiger partial charge in [0.05, 0.1) is 11.7 Å². The van der Waals surface area contributed by atoms with Crippen molar-refractivity contribution in [2.45, 2.75) is 25.5 Å². The average molecular weight is 352 g/mol. The quantitative estimate of drug-likeness (QED) is 0.834. The summed E-state index contributed by atoms with van der Waals surface area (Å²) in [6, 6.07) is 3.74. The van der Waals surface area contributed by atoms with Crippen LogP contribution in [0.2, 0.25) is 0 Å². The van der Waals surface area contributed by atoms with Crippen molar-refractivity contribution in [2.75, 3.05) is 20.7 Å². The second-order valence-corrected chi connectivity index (χ2v) is 6.36. The predicted octanol–water partition coefficient (Wildman–Crippen LogP) is 3.20. The van der Waals surface area contributed by atoms with E-state index in [1.807, 2.05) is 23.0 Å². The largest absolute Gasteiger partial charge is 0.356 e. The van der Waals surface area contributed by atoms with E-state index in [-0.39, 0.29) is 12.1 Å². The maximum absolute atomic E-state index is 12.2. The number of ether oxygens (including phenoxy) is 1. The van der Waals surface area contributed by atoms with Gasteiger partial charge in [-0.05, 0) is 31.4 Å². The zero-order valence-corrected chi connectivity index (χ0v) is 13.8. The van der Waals surface area contributed by atoms with E-state index in [1.54, 1.807) is 19.0 Å². The minimum atomic E-state index is -0.0344. The zero-order valence-electron chi connectivity index (χ0n) is 12.2. The lowest BCUT2D eigenvalue weighted by Crippen LogP contribution is -2.22. The lowest BCUT2D eigenvalue weighted by Gasteiger charge is -2.23. The van der Waals surface area contributed by atoms with E-state index in [1.165, 1.54) is 0 Å². The van der Waals surface area contributed by atoms with Crippen molar-refractivity contribution < 1.29 is 9.53 Å². The molecule has 1 fully saturated rings. The van der Waals surface area contributed by atoms with Gasteiger partial charge < -0.3 is 9.64 Å². The summed E-state index contributed by atoms with van der Waals surface area (Å²) in [5.74, 6) is -0.0186. The molecule has 1 atom stereocenters. The fourth-order valence-corrected chi connectivity index (χ4v) is 3.18. The summed E-state index contributed by atoms with van der Waals surface area (Å²) < 4.78 is 8.58. The topological polar surface area (TPSA) is 47.4 Å². The molecule has 2 aromatic rings. The smallest absolute Gasteiger partial charge is 0.253 e. The monoisotopic (exact) mass is 351 g/mol. The van der Waals surface area contributed by atoms with Gasteiger partial charge in [-0.15, -0.1) is 0 Å². The summed E-state index contributed by atoms with van der Waals surface area (Å²) in [7, 11) is 3.50. The van der Waals surface area contributed by atoms with Crippen molar-refractivity contribution in [3.63, 3.8) is 0 Å². The zero-order chi connectivity index (χ0) is 15.0. The van der Waals surface area contributed by atoms with Gasteiger partial charge in [0.2, 0.25) is 0 Å². The predicted molar refractivity (Wildman–Crippen MR) is 84.3 cm³/mol. The molecular weight excluding hydrogens is 334 g/mol. The maximum atomic E-state index is 12.2. The minimum Gasteiger partial charge on any atom is -0.356 e. The second kappa shape index (κ2) is 5.77. The first-order chi connectivity index (χ1) is 10.1. The number of amides is 1. The fourth-order valence-electron chi connectivity index (χ4n) is 2.63. The van der Waals surface area contributed by atoms with E-state index in [2.05, 4.69) is 21.0 Å². The summed E-state index contributed by atoms with van der Waals surface area (Å²) in [5, 5.41) is 5.46. The van der Waals surface area contributed by atoms with Gasteiger partial charge in [-0.1, -0.05) is 15.9 Å². The molecule has 2 heterocycles. The average Bonchev–Trinajstić information content (AvgIpc) is 2.91. The standard InChI is InChI=1S/C15H18BrN3O2/c1-18(2)15(20)10-7-12(16)11-9-17-19(13(11)8-10)14-5-3-4-6-21-14/h7-9,14H,3-6H2,1-2H3. The third-order valence-electron chi connectivity index (χ3n) is 3.75. The Kier molecular flexibility index (Phi) is 3.99. The molecule has 1 aromatic carbocycles. The van der Waals surface area contributed by atoms with Crippen molar-refractivity contribution in [2.24, 2.45) is 0 Å². The Labute approximate surface area is 132 Å². The Balaban J connectivity index is 2.08. The van der Waals surface area contributed by atoms with Crippen LogP contribution >= 0.6 is 15.9 Å². The number of carbonyl (C=O) groups excluding carboxylic acids is 1. The lowest BCUT2D eigenvalue weighted by molar-refractivity contribution is -0.0366. The Morgan fingerprint density at radius 3 is 2.90 bits per heavy atom. The van der Waals surface area contributed by atoms with E-state index in [4.69, 9.17) is 4.74 Å². The van der Waals surface area contributed by atoms with Crippen molar-refractivity contribution in [1.29, 1.82) is 0 Å². The first-order valence-corrected chi connectivity index (χ1v) is 7.87. The molecule has 3 rings (SSSR count). The third-order valence-corrected chi connectivity index (χ3v) is 4.40. The molecule has 1 unspecified atom stereocenters. The summed E-state index contributed by atoms with van der Waals surface area (Å²) >= 11 is 3.54. The van der Waals surface area contributed by atoms with Gasteiger partial charge in [-0.25, -0.2) is 4.68 Å². The van der Waals surface area contributed by atoms with Crippen LogP contribution in [0.1, 0.15) is 35.8 Å². The molecular formula is C15H18BrN3O2. The summed E-state index contributed by atoms with van der Waals surface area (Å²) in [4.78, 5) is 13.8. The number of benzene rings is 1. The van der Waals surface area contributed by atoms with Gasteiger partial charge in [0.15, 0.2) is 6.23 Å². The van der Waals surface area contributed by atoms with E-state index in [0.29, 0.717) is 5.56 Å². The lowest BCUT2D eigenvalue weighted by atomic mass is 10.1. The first kappa shape index (κ1) is 14.5. The number of nitrogens with zero attached hydrogens (tertiary/aromatic N) is 3. The molecule has 1 amide bonds. The highest BCUT2D eigenvalue weighted by molar-refractivity contribution is 9.10. The van der Waals surface area contributed by atoms with Gasteiger partial charge in [-0.2, -0.15) is 5.10 Å². The number of halogens is 1. The molecule has 21 heavy (non-hydrogen) atoms. The Morgan fingerprint density at radius 2 is 2.24 bits per heavy atom. The van der Waals surface area contributed by atoms with Gasteiger partial charge in [-0.3, -0.25) is 4.79 Å². The molecule has 5 nitrogen and oxygen atoms in total. The van der Waals surface area contributed by atoms with Gasteiger partial charge in [0, 0.05) is 36.1 Å². The Morgan fingerprint density at radius 1 is 1.43 bits per heavy atom. The van der Waals surface area contributed by atoms with Crippen LogP contribution in [-0.4, -0.2) is 41.3 Å². The SMILES string of the molecule is CN(C)C(=O)c1cc(Br)c2cnn(C3CCCCO3)c2c1. The number of aromatic nitrogens is 2. The number of fused-ring (bicyclic) bond motifs is 1. The molecule has 0 saturated carbocycles. The van der Waals surface area contributed by atoms with Crippen LogP contribution in [0.25, 0.3) is 10.9 Å². The van der Waals surface area contributed by atoms with E-state index < -0.39 is 0 Å². The van der Waals surface area contributed by atoms with Crippen molar-refractivity contribution in [3.8, 4) is 0 Å². The molecule has 112 valence electrons. The molecule has 0 spiro atoms. The second-order valence-electron chi connectivity index (χ2n) is 5.50. The van der Waals surface area contributed by atoms with Crippen LogP contribution in [0.3, 0.4) is 0 Å². The van der Waals surface area contributed by atoms with Crippen molar-refractivity contribution in [3.05, 3.63) is 28.4 Å². The molecule has 0 aliphatic carbocycles. The van der Waals surface area contributed by atoms with E-state index >= 15 is 0 Å². The number of hydrogen-bond acceptors (Lipinski definition) is 3. The molecule has 1 aliphatic heterocycles. The van der Waals surface area contributed by atoms with Crippen LogP contribution < -0.4 is 0 Å². The van der Waals surface area contributed by atoms with Gasteiger partial charge in [0.25, 0.3) is 5.91 Å². The van der Waals surface area contributed by atoms with E-state index in [0.717, 1.165) is 41.2 Å². The third kappa shape index (κ3) is 2.70. The molecule has 1 aliphatic rings. The van der Waals surface area contributed by atoms with Crippen LogP contribution in [0, 0.1) is 0 Å². The van der Waals surface area contributed by atoms with Gasteiger partial charge in [0.1, 0.15) is 0 Å². The molecule has 0 N–H and O–H groups in total. The normalized spacial score (nSPS) is 18.9. The van der Waals surface area contributed by atoms with E-state index in [9.17, 15) is 4.79 Å². The Bertz CT molecular complexity index is 675. The van der Waals surface area contributed by atoms with Crippen molar-refractivity contribution in [1.82, 2.24) is 14.7 Å². The molecule has 0 radical (unpaired) electrons. The van der Waals surface area contributed by atoms with Crippen LogP contribution in [0.4, 0.5) is 0 Å². The maximum Gasteiger partial charge on any atom is 0.253 e. The minimum absolute atomic E-state index is 0.0186. The molecule has 1 saturated heterocycles. The molecule has 6 heteroatoms. The summed E-state index contributed by atoms with van der Waals surface area (Å²) in [6.45, 7) is 0.767. The summed E-state index contributed by atoms with van der Waals surface area (Å²) in [5.41, 5.74) is 1.58. The molecule has 1 aromatic heterocycles. The number of carbonyl (C=O) groups is 1. The Hall–Kier alpha value is -1.40. The fraction of sp³-hybridized carbons (Fsp3) is 0.467. The van der Waals surface area contributed by atoms with Crippen LogP contribution in [0.5, 0.6) is 0 Å². The molecule has 0 bridgehead atoms. The van der Waals surface area contributed by atoms with Crippen LogP contribution in [0.15, 0.2) is 22.8 Å². The summed E-state index contributed by atoms with van der Waals surface area (Å²) in [6.07, 6.45) is 4.99. The van der Waals surface area contributed by atoms with Gasteiger partial charge >= 0.3 is 0 Å². The highest BCUT2D eigenvalue weighted by Gasteiger charge is 2.20. The highest BCUT2D eigenvalue weighted by atomic mass is 79.9. The number of rotatable bonds is 2. The van der Waals surface area contributed by atoms with Crippen molar-refractivity contribution >= 4 is 32.7 Å². The number of hydrogen-bond donors (Lipinski definition) is 0. The highest BCUT2D eigenvalue weighted by Crippen LogP contribution is 2.31. The van der Waals surface area contributed by atoms with Crippen LogP contribution in [-0.2, 0) is 4.74 Å². The first-order valence-electron chi connectivity index (χ1n) is 7.08.